The summed E-state index contributed by atoms with van der Waals surface area (Å²) in [5.41, 5.74) is 1.10. The van der Waals surface area contributed by atoms with Gasteiger partial charge in [0, 0.05) is 13.6 Å². The van der Waals surface area contributed by atoms with Crippen molar-refractivity contribution in [1.82, 2.24) is 24.6 Å². The van der Waals surface area contributed by atoms with Crippen LogP contribution >= 0.6 is 0 Å². The molecule has 1 N–H and O–H groups in total. The Hall–Kier alpha value is -1.69. The Kier molecular flexibility index (Phi) is 3.36. The molecule has 0 atom stereocenters. The molecule has 6 heteroatoms. The van der Waals surface area contributed by atoms with Gasteiger partial charge in [-0.25, -0.2) is 4.98 Å². The molecule has 0 aliphatic heterocycles. The van der Waals surface area contributed by atoms with E-state index in [1.807, 2.05) is 7.05 Å². The quantitative estimate of drug-likeness (QED) is 0.927. The fraction of sp³-hybridized carbons (Fsp3) is 0.737. The number of nitrogens with zero attached hydrogens (tertiary/aromatic N) is 4. The van der Waals surface area contributed by atoms with Crippen molar-refractivity contribution in [3.05, 3.63) is 22.4 Å². The van der Waals surface area contributed by atoms with Crippen molar-refractivity contribution in [3.63, 3.8) is 0 Å². The van der Waals surface area contributed by atoms with E-state index in [4.69, 9.17) is 0 Å². The Morgan fingerprint density at radius 3 is 2.52 bits per heavy atom. The SMILES string of the molecule is CN(Cc1nc2c(cnn2C)c(=O)[nH]1)CC12CC3CC(CC(C3)C1)C2. The van der Waals surface area contributed by atoms with Gasteiger partial charge in [-0.15, -0.1) is 0 Å². The van der Waals surface area contributed by atoms with Gasteiger partial charge in [0.05, 0.1) is 12.7 Å². The van der Waals surface area contributed by atoms with Crippen molar-refractivity contribution in [1.29, 1.82) is 0 Å². The zero-order valence-electron chi connectivity index (χ0n) is 15.2. The van der Waals surface area contributed by atoms with Crippen molar-refractivity contribution < 1.29 is 0 Å². The minimum atomic E-state index is -0.0868. The van der Waals surface area contributed by atoms with E-state index < -0.39 is 0 Å². The summed E-state index contributed by atoms with van der Waals surface area (Å²) in [6, 6.07) is 0. The molecule has 0 radical (unpaired) electrons. The van der Waals surface area contributed by atoms with Crippen LogP contribution in [0.1, 0.15) is 44.3 Å². The highest BCUT2D eigenvalue weighted by Gasteiger charge is 2.50. The van der Waals surface area contributed by atoms with E-state index >= 15 is 0 Å². The first-order chi connectivity index (χ1) is 12.0. The third kappa shape index (κ3) is 2.62. The molecule has 4 bridgehead atoms. The second-order valence-electron chi connectivity index (χ2n) is 9.11. The van der Waals surface area contributed by atoms with Crippen LogP contribution in [0.2, 0.25) is 0 Å². The van der Waals surface area contributed by atoms with Crippen molar-refractivity contribution in [2.24, 2.45) is 30.2 Å². The van der Waals surface area contributed by atoms with Gasteiger partial charge in [0.15, 0.2) is 5.65 Å². The number of rotatable bonds is 4. The first-order valence-electron chi connectivity index (χ1n) is 9.59. The Bertz CT molecular complexity index is 831. The summed E-state index contributed by atoms with van der Waals surface area (Å²) in [6.45, 7) is 1.82. The molecule has 4 aliphatic carbocycles. The van der Waals surface area contributed by atoms with Crippen molar-refractivity contribution >= 4 is 11.0 Å². The van der Waals surface area contributed by atoms with E-state index in [2.05, 4.69) is 27.0 Å². The molecule has 134 valence electrons. The first kappa shape index (κ1) is 15.6. The Balaban J connectivity index is 1.35. The minimum absolute atomic E-state index is 0.0868. The van der Waals surface area contributed by atoms with Gasteiger partial charge in [0.1, 0.15) is 11.2 Å². The molecule has 6 nitrogen and oxygen atoms in total. The average molecular weight is 341 g/mol. The molecular formula is C19H27N5O. The smallest absolute Gasteiger partial charge is 0.262 e. The molecule has 4 fully saturated rings. The van der Waals surface area contributed by atoms with Gasteiger partial charge in [-0.05, 0) is 68.7 Å². The van der Waals surface area contributed by atoms with E-state index in [0.29, 0.717) is 23.0 Å². The van der Waals surface area contributed by atoms with E-state index in [-0.39, 0.29) is 5.56 Å². The van der Waals surface area contributed by atoms with Crippen LogP contribution in [0.5, 0.6) is 0 Å². The maximum Gasteiger partial charge on any atom is 0.262 e. The second kappa shape index (κ2) is 5.40. The van der Waals surface area contributed by atoms with Gasteiger partial charge >= 0.3 is 0 Å². The second-order valence-corrected chi connectivity index (χ2v) is 9.11. The van der Waals surface area contributed by atoms with Crippen LogP contribution in [0.15, 0.2) is 11.0 Å². The highest BCUT2D eigenvalue weighted by Crippen LogP contribution is 2.60. The molecule has 0 amide bonds. The molecule has 0 aromatic carbocycles. The highest BCUT2D eigenvalue weighted by molar-refractivity contribution is 5.72. The van der Waals surface area contributed by atoms with Gasteiger partial charge < -0.3 is 4.98 Å². The van der Waals surface area contributed by atoms with Gasteiger partial charge in [-0.1, -0.05) is 0 Å². The molecule has 6 rings (SSSR count). The van der Waals surface area contributed by atoms with Crippen molar-refractivity contribution in [2.75, 3.05) is 13.6 Å². The number of fused-ring (bicyclic) bond motifs is 1. The number of hydrogen-bond acceptors (Lipinski definition) is 4. The van der Waals surface area contributed by atoms with Crippen LogP contribution in [0.4, 0.5) is 0 Å². The zero-order chi connectivity index (χ0) is 17.2. The molecule has 0 unspecified atom stereocenters. The van der Waals surface area contributed by atoms with Crippen LogP contribution in [0, 0.1) is 23.2 Å². The normalized spacial score (nSPS) is 33.6. The van der Waals surface area contributed by atoms with Gasteiger partial charge in [0.25, 0.3) is 5.56 Å². The molecule has 2 aromatic heterocycles. The third-order valence-corrected chi connectivity index (χ3v) is 6.84. The van der Waals surface area contributed by atoms with E-state index in [1.54, 1.807) is 10.9 Å². The fourth-order valence-electron chi connectivity index (χ4n) is 6.52. The number of aryl methyl sites for hydroxylation is 1. The summed E-state index contributed by atoms with van der Waals surface area (Å²) < 4.78 is 1.67. The van der Waals surface area contributed by atoms with Crippen LogP contribution in [0.25, 0.3) is 11.0 Å². The largest absolute Gasteiger partial charge is 0.309 e. The van der Waals surface area contributed by atoms with Crippen LogP contribution < -0.4 is 5.56 Å². The van der Waals surface area contributed by atoms with Crippen LogP contribution in [-0.4, -0.2) is 38.2 Å². The predicted molar refractivity (Wildman–Crippen MR) is 96.1 cm³/mol. The maximum absolute atomic E-state index is 12.2. The Morgan fingerprint density at radius 2 is 1.88 bits per heavy atom. The van der Waals surface area contributed by atoms with E-state index in [0.717, 1.165) is 30.1 Å². The van der Waals surface area contributed by atoms with Crippen LogP contribution in [0.3, 0.4) is 0 Å². The van der Waals surface area contributed by atoms with Crippen LogP contribution in [-0.2, 0) is 13.6 Å². The highest BCUT2D eigenvalue weighted by atomic mass is 16.1. The summed E-state index contributed by atoms with van der Waals surface area (Å²) in [4.78, 5) is 22.2. The average Bonchev–Trinajstić information content (AvgIpc) is 2.87. The topological polar surface area (TPSA) is 66.8 Å². The molecular weight excluding hydrogens is 314 g/mol. The Labute approximate surface area is 147 Å². The molecule has 4 saturated carbocycles. The summed E-state index contributed by atoms with van der Waals surface area (Å²) in [5.74, 6) is 3.67. The van der Waals surface area contributed by atoms with E-state index in [1.165, 1.54) is 38.5 Å². The maximum atomic E-state index is 12.2. The summed E-state index contributed by atoms with van der Waals surface area (Å²) in [7, 11) is 4.00. The summed E-state index contributed by atoms with van der Waals surface area (Å²) in [5, 5.41) is 4.71. The predicted octanol–water partition coefficient (Wildman–Crippen LogP) is 2.30. The monoisotopic (exact) mass is 341 g/mol. The first-order valence-corrected chi connectivity index (χ1v) is 9.59. The molecule has 2 aromatic rings. The minimum Gasteiger partial charge on any atom is -0.309 e. The van der Waals surface area contributed by atoms with E-state index in [9.17, 15) is 4.79 Å². The lowest BCUT2D eigenvalue weighted by molar-refractivity contribution is -0.0672. The van der Waals surface area contributed by atoms with Gasteiger partial charge in [-0.2, -0.15) is 5.10 Å². The molecule has 25 heavy (non-hydrogen) atoms. The lowest BCUT2D eigenvalue weighted by Crippen LogP contribution is -2.50. The molecule has 2 heterocycles. The summed E-state index contributed by atoms with van der Waals surface area (Å²) in [6.07, 6.45) is 10.3. The molecule has 0 spiro atoms. The lowest BCUT2D eigenvalue weighted by atomic mass is 9.49. The summed E-state index contributed by atoms with van der Waals surface area (Å²) >= 11 is 0. The third-order valence-electron chi connectivity index (χ3n) is 6.84. The van der Waals surface area contributed by atoms with Crippen molar-refractivity contribution in [2.45, 2.75) is 45.1 Å². The molecule has 4 aliphatic rings. The molecule has 0 saturated heterocycles. The number of aromatic amines is 1. The van der Waals surface area contributed by atoms with Crippen molar-refractivity contribution in [3.8, 4) is 0 Å². The van der Waals surface area contributed by atoms with Gasteiger partial charge in [0.2, 0.25) is 0 Å². The zero-order valence-corrected chi connectivity index (χ0v) is 15.2. The number of hydrogen-bond donors (Lipinski definition) is 1. The van der Waals surface area contributed by atoms with Gasteiger partial charge in [-0.3, -0.25) is 14.4 Å². The number of nitrogens with one attached hydrogen (secondary N) is 1. The number of aromatic nitrogens is 4. The lowest BCUT2D eigenvalue weighted by Gasteiger charge is -2.57. The standard InChI is InChI=1S/C19H27N5O/c1-23(10-16-21-17-15(18(25)22-16)9-20-24(17)2)11-19-6-12-3-13(7-19)5-14(4-12)8-19/h9,12-14H,3-8,10-11H2,1-2H3,(H,21,22,25). The number of H-pyrrole nitrogens is 1. The fourth-order valence-corrected chi connectivity index (χ4v) is 6.52. The Morgan fingerprint density at radius 1 is 1.24 bits per heavy atom.